The summed E-state index contributed by atoms with van der Waals surface area (Å²) in [5.41, 5.74) is 0. The van der Waals surface area contributed by atoms with Crippen LogP contribution in [0.3, 0.4) is 0 Å². The van der Waals surface area contributed by atoms with Crippen molar-refractivity contribution in [2.24, 2.45) is 0 Å². The maximum Gasteiger partial charge on any atom is 0.180 e. The second-order valence-electron chi connectivity index (χ2n) is 7.79. The largest absolute Gasteiger partial charge is 0.349 e. The molecule has 31 heavy (non-hydrogen) atoms. The van der Waals surface area contributed by atoms with E-state index < -0.39 is 12.6 Å². The van der Waals surface area contributed by atoms with Crippen molar-refractivity contribution >= 4 is 12.6 Å². The van der Waals surface area contributed by atoms with E-state index in [4.69, 9.17) is 14.2 Å². The first-order chi connectivity index (χ1) is 15.3. The van der Waals surface area contributed by atoms with Gasteiger partial charge in [0, 0.05) is 12.8 Å². The van der Waals surface area contributed by atoms with E-state index in [0.29, 0.717) is 26.1 Å². The predicted octanol–water partition coefficient (Wildman–Crippen LogP) is 6.70. The molecule has 5 heteroatoms. The highest BCUT2D eigenvalue weighted by Crippen LogP contribution is 2.11. The van der Waals surface area contributed by atoms with Gasteiger partial charge >= 0.3 is 0 Å². The van der Waals surface area contributed by atoms with Gasteiger partial charge in [0.25, 0.3) is 0 Å². The molecule has 0 spiro atoms. The Morgan fingerprint density at radius 3 is 1.39 bits per heavy atom. The molecule has 0 amide bonds. The smallest absolute Gasteiger partial charge is 0.180 e. The molecular weight excluding hydrogens is 392 g/mol. The molecular formula is C26H46O5. The maximum atomic E-state index is 10.4. The van der Waals surface area contributed by atoms with E-state index in [9.17, 15) is 9.59 Å². The Morgan fingerprint density at radius 1 is 0.581 bits per heavy atom. The zero-order valence-electron chi connectivity index (χ0n) is 20.0. The van der Waals surface area contributed by atoms with Crippen LogP contribution in [-0.4, -0.2) is 38.4 Å². The Labute approximate surface area is 190 Å². The summed E-state index contributed by atoms with van der Waals surface area (Å²) < 4.78 is 18.0. The third-order valence-corrected chi connectivity index (χ3v) is 4.80. The van der Waals surface area contributed by atoms with E-state index in [1.165, 1.54) is 0 Å². The van der Waals surface area contributed by atoms with Crippen LogP contribution in [0.15, 0.2) is 24.3 Å². The molecule has 0 fully saturated rings. The van der Waals surface area contributed by atoms with Crippen molar-refractivity contribution < 1.29 is 23.8 Å². The van der Waals surface area contributed by atoms with Gasteiger partial charge in [-0.25, -0.2) is 0 Å². The van der Waals surface area contributed by atoms with E-state index in [1.54, 1.807) is 0 Å². The number of ether oxygens (including phenoxy) is 3. The van der Waals surface area contributed by atoms with Crippen LogP contribution in [0.5, 0.6) is 0 Å². The zero-order chi connectivity index (χ0) is 22.8. The van der Waals surface area contributed by atoms with E-state index in [1.807, 2.05) is 12.2 Å². The van der Waals surface area contributed by atoms with Crippen LogP contribution in [0.1, 0.15) is 104 Å². The Balaban J connectivity index is 4.62. The van der Waals surface area contributed by atoms with E-state index >= 15 is 0 Å². The monoisotopic (exact) mass is 438 g/mol. The number of carbonyl (C=O) groups is 2. The molecule has 0 aliphatic carbocycles. The van der Waals surface area contributed by atoms with Crippen molar-refractivity contribution in [2.75, 3.05) is 13.2 Å². The third kappa shape index (κ3) is 21.7. The lowest BCUT2D eigenvalue weighted by molar-refractivity contribution is -0.208. The van der Waals surface area contributed by atoms with Crippen LogP contribution < -0.4 is 0 Å². The zero-order valence-corrected chi connectivity index (χ0v) is 20.0. The standard InChI is InChI=1S/C26H46O5/c1-3-5-23-29-25(19-15-11-7-9-13-17-21-27)31-26(30-24-6-4-2)20-16-12-8-10-14-18-22-28/h15-16,19-22,25-26H,3-14,17-18,23-24H2,1-2H3. The maximum absolute atomic E-state index is 10.4. The summed E-state index contributed by atoms with van der Waals surface area (Å²) in [4.78, 5) is 20.8. The van der Waals surface area contributed by atoms with Crippen molar-refractivity contribution in [1.82, 2.24) is 0 Å². The summed E-state index contributed by atoms with van der Waals surface area (Å²) in [6, 6.07) is 0. The minimum Gasteiger partial charge on any atom is -0.349 e. The molecule has 0 aromatic carbocycles. The molecule has 0 bridgehead atoms. The minimum absolute atomic E-state index is 0.426. The number of rotatable bonds is 24. The molecule has 0 rings (SSSR count). The fourth-order valence-corrected chi connectivity index (χ4v) is 2.85. The van der Waals surface area contributed by atoms with Gasteiger partial charge in [0.15, 0.2) is 12.6 Å². The summed E-state index contributed by atoms with van der Waals surface area (Å²) in [7, 11) is 0. The van der Waals surface area contributed by atoms with Gasteiger partial charge in [0.1, 0.15) is 12.6 Å². The van der Waals surface area contributed by atoms with Crippen LogP contribution in [0.4, 0.5) is 0 Å². The second kappa shape index (κ2) is 25.0. The number of hydrogen-bond acceptors (Lipinski definition) is 5. The van der Waals surface area contributed by atoms with Crippen molar-refractivity contribution in [2.45, 2.75) is 116 Å². The molecule has 0 aromatic heterocycles. The SMILES string of the molecule is CCCCOC(C=CCCCCCC=O)OC(C=CCCCCCC=O)OCCCC. The Hall–Kier alpha value is -1.30. The normalized spacial score (nSPS) is 13.7. The molecule has 0 saturated carbocycles. The first-order valence-electron chi connectivity index (χ1n) is 12.4. The quantitative estimate of drug-likeness (QED) is 0.0726. The number of hydrogen-bond donors (Lipinski definition) is 0. The van der Waals surface area contributed by atoms with Gasteiger partial charge in [-0.15, -0.1) is 0 Å². The molecule has 0 aliphatic heterocycles. The minimum atomic E-state index is -0.426. The van der Waals surface area contributed by atoms with Gasteiger partial charge in [0.2, 0.25) is 0 Å². The van der Waals surface area contributed by atoms with Crippen molar-refractivity contribution in [3.05, 3.63) is 24.3 Å². The fourth-order valence-electron chi connectivity index (χ4n) is 2.85. The van der Waals surface area contributed by atoms with Gasteiger partial charge in [-0.1, -0.05) is 51.7 Å². The Bertz CT molecular complexity index is 407. The third-order valence-electron chi connectivity index (χ3n) is 4.80. The molecule has 0 aliphatic rings. The van der Waals surface area contributed by atoms with Crippen molar-refractivity contribution in [1.29, 1.82) is 0 Å². The highest BCUT2D eigenvalue weighted by Gasteiger charge is 2.13. The first-order valence-corrected chi connectivity index (χ1v) is 12.4. The summed E-state index contributed by atoms with van der Waals surface area (Å²) in [5, 5.41) is 0. The van der Waals surface area contributed by atoms with Crippen LogP contribution in [0.2, 0.25) is 0 Å². The van der Waals surface area contributed by atoms with Gasteiger partial charge in [-0.05, 0) is 63.5 Å². The number of aldehydes is 2. The fraction of sp³-hybridized carbons (Fsp3) is 0.769. The van der Waals surface area contributed by atoms with Gasteiger partial charge in [-0.3, -0.25) is 0 Å². The Kier molecular flexibility index (Phi) is 23.9. The molecule has 2 atom stereocenters. The summed E-state index contributed by atoms with van der Waals surface area (Å²) in [6.45, 7) is 5.60. The Morgan fingerprint density at radius 2 is 1.00 bits per heavy atom. The average Bonchev–Trinajstić information content (AvgIpc) is 2.77. The van der Waals surface area contributed by atoms with E-state index in [2.05, 4.69) is 26.0 Å². The molecule has 0 N–H and O–H groups in total. The lowest BCUT2D eigenvalue weighted by Crippen LogP contribution is -2.25. The molecule has 0 heterocycles. The molecule has 0 aromatic rings. The molecule has 180 valence electrons. The van der Waals surface area contributed by atoms with Crippen LogP contribution in [-0.2, 0) is 23.8 Å². The number of allylic oxidation sites excluding steroid dienone is 2. The predicted molar refractivity (Wildman–Crippen MR) is 127 cm³/mol. The highest BCUT2D eigenvalue weighted by atomic mass is 16.8. The average molecular weight is 439 g/mol. The van der Waals surface area contributed by atoms with Crippen molar-refractivity contribution in [3.8, 4) is 0 Å². The first kappa shape index (κ1) is 29.7. The van der Waals surface area contributed by atoms with E-state index in [-0.39, 0.29) is 0 Å². The highest BCUT2D eigenvalue weighted by molar-refractivity contribution is 5.49. The van der Waals surface area contributed by atoms with Crippen molar-refractivity contribution in [3.63, 3.8) is 0 Å². The van der Waals surface area contributed by atoms with Gasteiger partial charge in [-0.2, -0.15) is 0 Å². The van der Waals surface area contributed by atoms with Crippen LogP contribution >= 0.6 is 0 Å². The van der Waals surface area contributed by atoms with Crippen LogP contribution in [0, 0.1) is 0 Å². The topological polar surface area (TPSA) is 61.8 Å². The summed E-state index contributed by atoms with van der Waals surface area (Å²) in [6.07, 6.45) is 22.8. The molecule has 0 saturated heterocycles. The number of unbranched alkanes of at least 4 members (excludes halogenated alkanes) is 10. The van der Waals surface area contributed by atoms with E-state index in [0.717, 1.165) is 89.6 Å². The molecule has 5 nitrogen and oxygen atoms in total. The summed E-state index contributed by atoms with van der Waals surface area (Å²) in [5.74, 6) is 0. The lowest BCUT2D eigenvalue weighted by Gasteiger charge is -2.21. The molecule has 2 unspecified atom stereocenters. The number of carbonyl (C=O) groups excluding carboxylic acids is 2. The lowest BCUT2D eigenvalue weighted by atomic mass is 10.1. The van der Waals surface area contributed by atoms with Crippen LogP contribution in [0.25, 0.3) is 0 Å². The van der Waals surface area contributed by atoms with Gasteiger partial charge < -0.3 is 23.8 Å². The summed E-state index contributed by atoms with van der Waals surface area (Å²) >= 11 is 0. The van der Waals surface area contributed by atoms with Gasteiger partial charge in [0.05, 0.1) is 13.2 Å². The molecule has 0 radical (unpaired) electrons. The second-order valence-corrected chi connectivity index (χ2v) is 7.79.